The van der Waals surface area contributed by atoms with E-state index in [0.717, 1.165) is 24.2 Å². The quantitative estimate of drug-likeness (QED) is 0.894. The Labute approximate surface area is 107 Å². The van der Waals surface area contributed by atoms with Crippen molar-refractivity contribution in [3.63, 3.8) is 0 Å². The van der Waals surface area contributed by atoms with E-state index in [2.05, 4.69) is 6.92 Å². The standard InChI is InChI=1S/C15H18N2O/c1-2-10-17-14(12-6-4-3-5-7-12)9-8-13(11-16)15(17)18/h3-9H,2,10-11,16H2,1H3. The van der Waals surface area contributed by atoms with Crippen molar-refractivity contribution in [3.05, 3.63) is 58.4 Å². The third-order valence-corrected chi connectivity index (χ3v) is 2.99. The van der Waals surface area contributed by atoms with Gasteiger partial charge in [-0.15, -0.1) is 0 Å². The number of aromatic nitrogens is 1. The Hall–Kier alpha value is -1.87. The number of nitrogens with two attached hydrogens (primary N) is 1. The lowest BCUT2D eigenvalue weighted by atomic mass is 10.1. The predicted octanol–water partition coefficient (Wildman–Crippen LogP) is 2.38. The Kier molecular flexibility index (Phi) is 3.95. The van der Waals surface area contributed by atoms with Gasteiger partial charge in [-0.1, -0.05) is 43.3 Å². The van der Waals surface area contributed by atoms with Gasteiger partial charge in [-0.3, -0.25) is 4.79 Å². The van der Waals surface area contributed by atoms with Crippen molar-refractivity contribution >= 4 is 0 Å². The van der Waals surface area contributed by atoms with Gasteiger partial charge in [-0.05, 0) is 18.1 Å². The Bertz CT molecular complexity index is 573. The molecule has 94 valence electrons. The van der Waals surface area contributed by atoms with Crippen LogP contribution in [0.1, 0.15) is 18.9 Å². The molecule has 1 heterocycles. The molecule has 0 spiro atoms. The van der Waals surface area contributed by atoms with Crippen LogP contribution in [-0.2, 0) is 13.1 Å². The molecule has 0 fully saturated rings. The monoisotopic (exact) mass is 242 g/mol. The summed E-state index contributed by atoms with van der Waals surface area (Å²) in [6.07, 6.45) is 0.924. The molecule has 2 rings (SSSR count). The largest absolute Gasteiger partial charge is 0.326 e. The fourth-order valence-corrected chi connectivity index (χ4v) is 2.09. The van der Waals surface area contributed by atoms with Crippen molar-refractivity contribution in [2.75, 3.05) is 0 Å². The second-order valence-electron chi connectivity index (χ2n) is 4.27. The summed E-state index contributed by atoms with van der Waals surface area (Å²) < 4.78 is 1.82. The number of rotatable bonds is 4. The van der Waals surface area contributed by atoms with E-state index in [0.29, 0.717) is 5.56 Å². The molecule has 0 bridgehead atoms. The SMILES string of the molecule is CCCn1c(-c2ccccc2)ccc(CN)c1=O. The molecule has 0 unspecified atom stereocenters. The Morgan fingerprint density at radius 2 is 1.83 bits per heavy atom. The van der Waals surface area contributed by atoms with E-state index in [1.807, 2.05) is 47.0 Å². The Balaban J connectivity index is 2.61. The first-order valence-electron chi connectivity index (χ1n) is 6.26. The van der Waals surface area contributed by atoms with Gasteiger partial charge in [0.25, 0.3) is 5.56 Å². The van der Waals surface area contributed by atoms with Gasteiger partial charge in [0, 0.05) is 18.7 Å². The summed E-state index contributed by atoms with van der Waals surface area (Å²) in [6, 6.07) is 13.8. The molecule has 0 saturated heterocycles. The molecule has 0 aliphatic rings. The highest BCUT2D eigenvalue weighted by Gasteiger charge is 2.08. The number of nitrogens with zero attached hydrogens (tertiary/aromatic N) is 1. The highest BCUT2D eigenvalue weighted by molar-refractivity contribution is 5.59. The van der Waals surface area contributed by atoms with Crippen LogP contribution in [-0.4, -0.2) is 4.57 Å². The molecule has 18 heavy (non-hydrogen) atoms. The van der Waals surface area contributed by atoms with Gasteiger partial charge in [0.05, 0.1) is 5.69 Å². The molecular formula is C15H18N2O. The molecule has 3 nitrogen and oxygen atoms in total. The van der Waals surface area contributed by atoms with Crippen LogP contribution in [0.15, 0.2) is 47.3 Å². The zero-order valence-electron chi connectivity index (χ0n) is 10.6. The molecule has 3 heteroatoms. The maximum Gasteiger partial charge on any atom is 0.255 e. The number of hydrogen-bond acceptors (Lipinski definition) is 2. The van der Waals surface area contributed by atoms with Gasteiger partial charge in [-0.2, -0.15) is 0 Å². The molecule has 1 aromatic carbocycles. The lowest BCUT2D eigenvalue weighted by Gasteiger charge is -2.13. The molecule has 0 radical (unpaired) electrons. The number of benzene rings is 1. The Morgan fingerprint density at radius 3 is 2.44 bits per heavy atom. The van der Waals surface area contributed by atoms with Crippen LogP contribution in [0.25, 0.3) is 11.3 Å². The molecule has 2 N–H and O–H groups in total. The number of pyridine rings is 1. The van der Waals surface area contributed by atoms with Crippen molar-refractivity contribution in [3.8, 4) is 11.3 Å². The van der Waals surface area contributed by atoms with E-state index in [-0.39, 0.29) is 12.1 Å². The van der Waals surface area contributed by atoms with Crippen molar-refractivity contribution in [2.24, 2.45) is 5.73 Å². The van der Waals surface area contributed by atoms with E-state index in [1.54, 1.807) is 0 Å². The van der Waals surface area contributed by atoms with E-state index in [1.165, 1.54) is 0 Å². The summed E-state index contributed by atoms with van der Waals surface area (Å²) in [6.45, 7) is 3.07. The van der Waals surface area contributed by atoms with Crippen molar-refractivity contribution in [1.82, 2.24) is 4.57 Å². The maximum absolute atomic E-state index is 12.3. The summed E-state index contributed by atoms with van der Waals surface area (Å²) in [7, 11) is 0. The van der Waals surface area contributed by atoms with Crippen LogP contribution < -0.4 is 11.3 Å². The van der Waals surface area contributed by atoms with Crippen molar-refractivity contribution in [2.45, 2.75) is 26.4 Å². The number of hydrogen-bond donors (Lipinski definition) is 1. The highest BCUT2D eigenvalue weighted by atomic mass is 16.1. The average molecular weight is 242 g/mol. The Morgan fingerprint density at radius 1 is 1.11 bits per heavy atom. The van der Waals surface area contributed by atoms with Crippen LogP contribution in [0.4, 0.5) is 0 Å². The van der Waals surface area contributed by atoms with Gasteiger partial charge in [0.15, 0.2) is 0 Å². The molecule has 0 aliphatic carbocycles. The highest BCUT2D eigenvalue weighted by Crippen LogP contribution is 2.18. The molecule has 0 saturated carbocycles. The zero-order valence-corrected chi connectivity index (χ0v) is 10.6. The van der Waals surface area contributed by atoms with Crippen LogP contribution in [0.5, 0.6) is 0 Å². The van der Waals surface area contributed by atoms with E-state index in [4.69, 9.17) is 5.73 Å². The van der Waals surface area contributed by atoms with Gasteiger partial charge in [0.2, 0.25) is 0 Å². The molecule has 2 aromatic rings. The third kappa shape index (κ3) is 2.36. The van der Waals surface area contributed by atoms with Crippen LogP contribution >= 0.6 is 0 Å². The summed E-state index contributed by atoms with van der Waals surface area (Å²) >= 11 is 0. The lowest BCUT2D eigenvalue weighted by molar-refractivity contribution is 0.653. The minimum atomic E-state index is 0.0284. The molecule has 1 aromatic heterocycles. The maximum atomic E-state index is 12.3. The van der Waals surface area contributed by atoms with Crippen LogP contribution in [0.3, 0.4) is 0 Å². The van der Waals surface area contributed by atoms with E-state index >= 15 is 0 Å². The molecule has 0 amide bonds. The minimum absolute atomic E-state index is 0.0284. The molecule has 0 atom stereocenters. The van der Waals surface area contributed by atoms with Crippen molar-refractivity contribution in [1.29, 1.82) is 0 Å². The molecular weight excluding hydrogens is 224 g/mol. The second-order valence-corrected chi connectivity index (χ2v) is 4.27. The first kappa shape index (κ1) is 12.6. The van der Waals surface area contributed by atoms with Gasteiger partial charge >= 0.3 is 0 Å². The smallest absolute Gasteiger partial charge is 0.255 e. The average Bonchev–Trinajstić information content (AvgIpc) is 2.42. The summed E-state index contributed by atoms with van der Waals surface area (Å²) in [4.78, 5) is 12.3. The minimum Gasteiger partial charge on any atom is -0.326 e. The first-order valence-corrected chi connectivity index (χ1v) is 6.26. The van der Waals surface area contributed by atoms with Gasteiger partial charge in [-0.25, -0.2) is 0 Å². The van der Waals surface area contributed by atoms with E-state index < -0.39 is 0 Å². The topological polar surface area (TPSA) is 48.0 Å². The van der Waals surface area contributed by atoms with Crippen molar-refractivity contribution < 1.29 is 0 Å². The third-order valence-electron chi connectivity index (χ3n) is 2.99. The predicted molar refractivity (Wildman–Crippen MR) is 74.3 cm³/mol. The summed E-state index contributed by atoms with van der Waals surface area (Å²) in [5, 5.41) is 0. The van der Waals surface area contributed by atoms with Crippen LogP contribution in [0.2, 0.25) is 0 Å². The fraction of sp³-hybridized carbons (Fsp3) is 0.267. The van der Waals surface area contributed by atoms with Gasteiger partial charge < -0.3 is 10.3 Å². The second kappa shape index (κ2) is 5.65. The fourth-order valence-electron chi connectivity index (χ4n) is 2.09. The molecule has 0 aliphatic heterocycles. The zero-order chi connectivity index (χ0) is 13.0. The normalized spacial score (nSPS) is 10.6. The summed E-state index contributed by atoms with van der Waals surface area (Å²) in [5.41, 5.74) is 8.31. The van der Waals surface area contributed by atoms with E-state index in [9.17, 15) is 4.79 Å². The summed E-state index contributed by atoms with van der Waals surface area (Å²) in [5.74, 6) is 0. The van der Waals surface area contributed by atoms with Gasteiger partial charge in [0.1, 0.15) is 0 Å². The lowest BCUT2D eigenvalue weighted by Crippen LogP contribution is -2.26. The van der Waals surface area contributed by atoms with Crippen LogP contribution in [0, 0.1) is 0 Å². The first-order chi connectivity index (χ1) is 8.77.